The summed E-state index contributed by atoms with van der Waals surface area (Å²) < 4.78 is 5.26. The van der Waals surface area contributed by atoms with Gasteiger partial charge in [0.05, 0.1) is 18.9 Å². The topological polar surface area (TPSA) is 51.4 Å². The average molecular weight is 199 g/mol. The lowest BCUT2D eigenvalue weighted by Crippen LogP contribution is -2.36. The number of hydrogen-bond donors (Lipinski definition) is 1. The van der Waals surface area contributed by atoms with Gasteiger partial charge < -0.3 is 15.4 Å². The van der Waals surface area contributed by atoms with Crippen molar-refractivity contribution in [2.45, 2.75) is 6.54 Å². The number of thiazole rings is 1. The highest BCUT2D eigenvalue weighted by Gasteiger charge is 2.13. The van der Waals surface area contributed by atoms with Crippen molar-refractivity contribution in [2.24, 2.45) is 5.73 Å². The van der Waals surface area contributed by atoms with E-state index in [2.05, 4.69) is 9.88 Å². The Morgan fingerprint density at radius 1 is 1.54 bits per heavy atom. The molecule has 1 saturated heterocycles. The van der Waals surface area contributed by atoms with E-state index < -0.39 is 0 Å². The summed E-state index contributed by atoms with van der Waals surface area (Å²) in [6, 6.07) is 0. The highest BCUT2D eigenvalue weighted by atomic mass is 32.1. The number of anilines is 1. The van der Waals surface area contributed by atoms with Crippen molar-refractivity contribution in [3.63, 3.8) is 0 Å². The van der Waals surface area contributed by atoms with Gasteiger partial charge in [0.15, 0.2) is 5.13 Å². The first-order valence-electron chi connectivity index (χ1n) is 4.37. The van der Waals surface area contributed by atoms with E-state index in [0.29, 0.717) is 6.54 Å². The first-order chi connectivity index (χ1) is 6.40. The predicted octanol–water partition coefficient (Wildman–Crippen LogP) is 0.438. The zero-order valence-corrected chi connectivity index (χ0v) is 8.22. The number of morpholine rings is 1. The molecule has 1 aliphatic rings. The van der Waals surface area contributed by atoms with Crippen LogP contribution in [0.2, 0.25) is 0 Å². The molecule has 1 aromatic rings. The van der Waals surface area contributed by atoms with Crippen LogP contribution >= 0.6 is 11.3 Å². The van der Waals surface area contributed by atoms with Crippen LogP contribution in [-0.4, -0.2) is 31.3 Å². The number of ether oxygens (including phenoxy) is 1. The summed E-state index contributed by atoms with van der Waals surface area (Å²) in [6.45, 7) is 4.02. The molecule has 5 heteroatoms. The average Bonchev–Trinajstić information content (AvgIpc) is 2.67. The molecule has 1 aromatic heterocycles. The monoisotopic (exact) mass is 199 g/mol. The zero-order valence-electron chi connectivity index (χ0n) is 7.40. The van der Waals surface area contributed by atoms with E-state index in [4.69, 9.17) is 10.5 Å². The fourth-order valence-corrected chi connectivity index (χ4v) is 2.18. The number of aromatic nitrogens is 1. The molecule has 0 saturated carbocycles. The van der Waals surface area contributed by atoms with Crippen molar-refractivity contribution >= 4 is 16.5 Å². The van der Waals surface area contributed by atoms with E-state index in [-0.39, 0.29) is 0 Å². The van der Waals surface area contributed by atoms with E-state index in [1.807, 2.05) is 5.38 Å². The van der Waals surface area contributed by atoms with Gasteiger partial charge in [-0.15, -0.1) is 11.3 Å². The Balaban J connectivity index is 2.05. The van der Waals surface area contributed by atoms with Crippen LogP contribution in [0.5, 0.6) is 0 Å². The molecule has 0 aromatic carbocycles. The Morgan fingerprint density at radius 3 is 2.92 bits per heavy atom. The number of rotatable bonds is 2. The molecule has 0 aliphatic carbocycles. The van der Waals surface area contributed by atoms with Crippen molar-refractivity contribution in [2.75, 3.05) is 31.2 Å². The molecule has 2 heterocycles. The molecule has 13 heavy (non-hydrogen) atoms. The van der Waals surface area contributed by atoms with Gasteiger partial charge in [0.25, 0.3) is 0 Å². The Morgan fingerprint density at radius 2 is 2.31 bits per heavy atom. The predicted molar refractivity (Wildman–Crippen MR) is 53.0 cm³/mol. The van der Waals surface area contributed by atoms with Gasteiger partial charge in [-0.2, -0.15) is 0 Å². The molecule has 0 spiro atoms. The third-order valence-electron chi connectivity index (χ3n) is 2.03. The summed E-state index contributed by atoms with van der Waals surface area (Å²) in [5.41, 5.74) is 6.47. The van der Waals surface area contributed by atoms with E-state index in [9.17, 15) is 0 Å². The molecule has 72 valence electrons. The van der Waals surface area contributed by atoms with Crippen LogP contribution in [0.1, 0.15) is 5.69 Å². The number of nitrogens with two attached hydrogens (primary N) is 1. The largest absolute Gasteiger partial charge is 0.378 e. The lowest BCUT2D eigenvalue weighted by molar-refractivity contribution is 0.122. The van der Waals surface area contributed by atoms with Gasteiger partial charge >= 0.3 is 0 Å². The minimum absolute atomic E-state index is 0.529. The van der Waals surface area contributed by atoms with Crippen LogP contribution < -0.4 is 10.6 Å². The summed E-state index contributed by atoms with van der Waals surface area (Å²) in [5, 5.41) is 3.09. The maximum atomic E-state index is 5.49. The molecule has 0 atom stereocenters. The van der Waals surface area contributed by atoms with Gasteiger partial charge in [-0.25, -0.2) is 4.98 Å². The molecule has 1 aliphatic heterocycles. The maximum Gasteiger partial charge on any atom is 0.185 e. The fraction of sp³-hybridized carbons (Fsp3) is 0.625. The van der Waals surface area contributed by atoms with Gasteiger partial charge in [0.2, 0.25) is 0 Å². The van der Waals surface area contributed by atoms with E-state index in [1.54, 1.807) is 11.3 Å². The SMILES string of the molecule is NCc1csc(N2CCOCC2)n1. The van der Waals surface area contributed by atoms with Gasteiger partial charge in [-0.3, -0.25) is 0 Å². The standard InChI is InChI=1S/C8H13N3OS/c9-5-7-6-13-8(10-7)11-1-3-12-4-2-11/h6H,1-5,9H2. The summed E-state index contributed by atoms with van der Waals surface area (Å²) >= 11 is 1.66. The molecule has 0 amide bonds. The molecule has 0 radical (unpaired) electrons. The normalized spacial score (nSPS) is 17.8. The Bertz CT molecular complexity index is 270. The van der Waals surface area contributed by atoms with Gasteiger partial charge in [0, 0.05) is 25.0 Å². The fourth-order valence-electron chi connectivity index (χ4n) is 1.29. The van der Waals surface area contributed by atoms with E-state index in [1.165, 1.54) is 0 Å². The summed E-state index contributed by atoms with van der Waals surface area (Å²) in [6.07, 6.45) is 0. The van der Waals surface area contributed by atoms with Crippen LogP contribution in [0.3, 0.4) is 0 Å². The third kappa shape index (κ3) is 1.99. The molecule has 4 nitrogen and oxygen atoms in total. The van der Waals surface area contributed by atoms with Crippen molar-refractivity contribution < 1.29 is 4.74 Å². The molecular formula is C8H13N3OS. The van der Waals surface area contributed by atoms with Crippen LogP contribution in [0, 0.1) is 0 Å². The second-order valence-electron chi connectivity index (χ2n) is 2.92. The molecular weight excluding hydrogens is 186 g/mol. The van der Waals surface area contributed by atoms with Crippen molar-refractivity contribution in [3.8, 4) is 0 Å². The number of hydrogen-bond acceptors (Lipinski definition) is 5. The van der Waals surface area contributed by atoms with Crippen LogP contribution in [0.4, 0.5) is 5.13 Å². The molecule has 0 unspecified atom stereocenters. The Labute approximate surface area is 81.3 Å². The summed E-state index contributed by atoms with van der Waals surface area (Å²) in [4.78, 5) is 6.66. The minimum atomic E-state index is 0.529. The lowest BCUT2D eigenvalue weighted by atomic mass is 10.4. The van der Waals surface area contributed by atoms with Crippen LogP contribution in [0.25, 0.3) is 0 Å². The van der Waals surface area contributed by atoms with Gasteiger partial charge in [0.1, 0.15) is 0 Å². The first-order valence-corrected chi connectivity index (χ1v) is 5.25. The van der Waals surface area contributed by atoms with Crippen molar-refractivity contribution in [1.82, 2.24) is 4.98 Å². The second-order valence-corrected chi connectivity index (χ2v) is 3.76. The molecule has 1 fully saturated rings. The van der Waals surface area contributed by atoms with E-state index >= 15 is 0 Å². The number of nitrogens with zero attached hydrogens (tertiary/aromatic N) is 2. The first kappa shape index (κ1) is 8.93. The lowest BCUT2D eigenvalue weighted by Gasteiger charge is -2.25. The highest BCUT2D eigenvalue weighted by Crippen LogP contribution is 2.20. The minimum Gasteiger partial charge on any atom is -0.378 e. The van der Waals surface area contributed by atoms with Gasteiger partial charge in [-0.1, -0.05) is 0 Å². The highest BCUT2D eigenvalue weighted by molar-refractivity contribution is 7.13. The summed E-state index contributed by atoms with van der Waals surface area (Å²) in [7, 11) is 0. The zero-order chi connectivity index (χ0) is 9.10. The second kappa shape index (κ2) is 4.04. The summed E-state index contributed by atoms with van der Waals surface area (Å²) in [5.74, 6) is 0. The molecule has 2 rings (SSSR count). The Kier molecular flexibility index (Phi) is 2.77. The smallest absolute Gasteiger partial charge is 0.185 e. The quantitative estimate of drug-likeness (QED) is 0.751. The Hall–Kier alpha value is -0.650. The van der Waals surface area contributed by atoms with Crippen LogP contribution in [0.15, 0.2) is 5.38 Å². The van der Waals surface area contributed by atoms with Crippen molar-refractivity contribution in [1.29, 1.82) is 0 Å². The van der Waals surface area contributed by atoms with Crippen molar-refractivity contribution in [3.05, 3.63) is 11.1 Å². The third-order valence-corrected chi connectivity index (χ3v) is 2.98. The molecule has 2 N–H and O–H groups in total. The molecule has 0 bridgehead atoms. The van der Waals surface area contributed by atoms with Crippen LogP contribution in [-0.2, 0) is 11.3 Å². The maximum absolute atomic E-state index is 5.49. The van der Waals surface area contributed by atoms with Gasteiger partial charge in [-0.05, 0) is 0 Å². The van der Waals surface area contributed by atoms with E-state index in [0.717, 1.165) is 37.1 Å².